The fraction of sp³-hybridized carbons (Fsp3) is 0.750. The fourth-order valence-corrected chi connectivity index (χ4v) is 0.858. The molecule has 0 aromatic carbocycles. The largest absolute Gasteiger partial charge is 0.203 e. The minimum Gasteiger partial charge on any atom is -0.203 e. The van der Waals surface area contributed by atoms with Gasteiger partial charge in [-0.3, -0.25) is 0 Å². The number of hydroxylamine groups is 3. The van der Waals surface area contributed by atoms with Crippen molar-refractivity contribution in [1.82, 2.24) is 0 Å². The van der Waals surface area contributed by atoms with Gasteiger partial charge in [-0.15, -0.1) is 0 Å². The Morgan fingerprint density at radius 3 is 2.40 bits per heavy atom. The monoisotopic (exact) mass is 144 g/mol. The van der Waals surface area contributed by atoms with Crippen molar-refractivity contribution >= 4 is 0 Å². The van der Waals surface area contributed by atoms with Crippen LogP contribution in [0.2, 0.25) is 0 Å². The summed E-state index contributed by atoms with van der Waals surface area (Å²) in [5.41, 5.74) is 0. The van der Waals surface area contributed by atoms with E-state index in [1.165, 1.54) is 0 Å². The van der Waals surface area contributed by atoms with E-state index in [1.807, 2.05) is 13.0 Å². The molecule has 0 bridgehead atoms. The van der Waals surface area contributed by atoms with E-state index in [-0.39, 0.29) is 0 Å². The quantitative estimate of drug-likeness (QED) is 0.323. The Morgan fingerprint density at radius 1 is 1.50 bits per heavy atom. The van der Waals surface area contributed by atoms with E-state index in [2.05, 4.69) is 20.6 Å². The second-order valence-corrected chi connectivity index (χ2v) is 2.50. The van der Waals surface area contributed by atoms with Crippen molar-refractivity contribution in [3.8, 4) is 0 Å². The van der Waals surface area contributed by atoms with Crippen molar-refractivity contribution in [3.05, 3.63) is 12.7 Å². The highest BCUT2D eigenvalue weighted by molar-refractivity contribution is 4.63. The lowest BCUT2D eigenvalue weighted by atomic mass is 10.5. The number of likely N-dealkylation sites (N-methyl/N-ethyl adjacent to an activating group) is 1. The topological polar surface area (TPSA) is 9.23 Å². The van der Waals surface area contributed by atoms with Crippen LogP contribution in [0, 0.1) is 0 Å². The van der Waals surface area contributed by atoms with E-state index >= 15 is 0 Å². The molecule has 0 aromatic rings. The summed E-state index contributed by atoms with van der Waals surface area (Å²) in [6.45, 7) is 10.4. The lowest BCUT2D eigenvalue weighted by Gasteiger charge is -2.28. The SMILES string of the molecule is C=CC[N+](C)(CC)OCC. The predicted molar refractivity (Wildman–Crippen MR) is 43.4 cm³/mol. The van der Waals surface area contributed by atoms with Gasteiger partial charge in [0.2, 0.25) is 0 Å². The molecular formula is C8H18NO+. The standard InChI is InChI=1S/C8H18NO/c1-5-8-9(4,6-2)10-7-3/h5H,1,6-8H2,2-4H3/q+1. The Hall–Kier alpha value is -0.340. The first-order valence-electron chi connectivity index (χ1n) is 3.78. The lowest BCUT2D eigenvalue weighted by molar-refractivity contribution is -1.09. The normalized spacial score (nSPS) is 16.3. The molecule has 0 saturated carbocycles. The summed E-state index contributed by atoms with van der Waals surface area (Å²) in [7, 11) is 2.06. The van der Waals surface area contributed by atoms with Gasteiger partial charge in [-0.2, -0.15) is 4.65 Å². The maximum absolute atomic E-state index is 5.49. The first-order valence-corrected chi connectivity index (χ1v) is 3.78. The highest BCUT2D eigenvalue weighted by Crippen LogP contribution is 2.02. The molecule has 1 unspecified atom stereocenters. The number of quaternary nitrogens is 1. The molecule has 0 rings (SSSR count). The summed E-state index contributed by atoms with van der Waals surface area (Å²) in [6, 6.07) is 0. The van der Waals surface area contributed by atoms with E-state index in [1.54, 1.807) is 0 Å². The Balaban J connectivity index is 3.80. The van der Waals surface area contributed by atoms with Crippen LogP contribution in [0.25, 0.3) is 0 Å². The molecule has 0 saturated heterocycles. The van der Waals surface area contributed by atoms with Crippen molar-refractivity contribution in [1.29, 1.82) is 0 Å². The van der Waals surface area contributed by atoms with E-state index in [0.717, 1.165) is 19.7 Å². The molecule has 0 N–H and O–H groups in total. The molecule has 0 aliphatic heterocycles. The van der Waals surface area contributed by atoms with Crippen LogP contribution in [0.5, 0.6) is 0 Å². The second-order valence-electron chi connectivity index (χ2n) is 2.50. The first kappa shape index (κ1) is 9.66. The number of nitrogens with zero attached hydrogens (tertiary/aromatic N) is 1. The molecule has 0 fully saturated rings. The molecule has 0 heterocycles. The molecule has 10 heavy (non-hydrogen) atoms. The van der Waals surface area contributed by atoms with Crippen LogP contribution >= 0.6 is 0 Å². The Kier molecular flexibility index (Phi) is 4.32. The van der Waals surface area contributed by atoms with Crippen LogP contribution in [-0.4, -0.2) is 31.4 Å². The van der Waals surface area contributed by atoms with Crippen LogP contribution < -0.4 is 0 Å². The average molecular weight is 144 g/mol. The molecule has 0 radical (unpaired) electrons. The molecule has 2 heteroatoms. The number of hydrogen-bond donors (Lipinski definition) is 0. The van der Waals surface area contributed by atoms with Crippen LogP contribution in [0.3, 0.4) is 0 Å². The van der Waals surface area contributed by atoms with Gasteiger partial charge in [0.25, 0.3) is 0 Å². The highest BCUT2D eigenvalue weighted by Gasteiger charge is 2.17. The van der Waals surface area contributed by atoms with Crippen LogP contribution in [0.4, 0.5) is 0 Å². The van der Waals surface area contributed by atoms with E-state index < -0.39 is 0 Å². The minimum atomic E-state index is 0.639. The van der Waals surface area contributed by atoms with Crippen LogP contribution in [-0.2, 0) is 4.84 Å². The van der Waals surface area contributed by atoms with E-state index in [4.69, 9.17) is 4.84 Å². The zero-order chi connectivity index (χ0) is 8.04. The third-order valence-corrected chi connectivity index (χ3v) is 1.63. The third-order valence-electron chi connectivity index (χ3n) is 1.63. The number of rotatable bonds is 5. The zero-order valence-electron chi connectivity index (χ0n) is 7.26. The van der Waals surface area contributed by atoms with Crippen molar-refractivity contribution in [2.45, 2.75) is 13.8 Å². The summed E-state index contributed by atoms with van der Waals surface area (Å²) in [6.07, 6.45) is 1.89. The van der Waals surface area contributed by atoms with Crippen molar-refractivity contribution in [2.24, 2.45) is 0 Å². The average Bonchev–Trinajstić information content (AvgIpc) is 1.89. The Morgan fingerprint density at radius 2 is 2.10 bits per heavy atom. The smallest absolute Gasteiger partial charge is 0.127 e. The first-order chi connectivity index (χ1) is 4.68. The van der Waals surface area contributed by atoms with Gasteiger partial charge in [0.1, 0.15) is 19.7 Å². The third kappa shape index (κ3) is 2.99. The van der Waals surface area contributed by atoms with Gasteiger partial charge >= 0.3 is 0 Å². The van der Waals surface area contributed by atoms with Gasteiger partial charge in [0, 0.05) is 0 Å². The van der Waals surface area contributed by atoms with Gasteiger partial charge in [-0.25, -0.2) is 4.84 Å². The van der Waals surface area contributed by atoms with Crippen molar-refractivity contribution in [3.63, 3.8) is 0 Å². The Bertz CT molecular complexity index is 103. The molecule has 60 valence electrons. The molecule has 0 spiro atoms. The van der Waals surface area contributed by atoms with E-state index in [9.17, 15) is 0 Å². The van der Waals surface area contributed by atoms with Gasteiger partial charge < -0.3 is 0 Å². The summed E-state index contributed by atoms with van der Waals surface area (Å²) in [4.78, 5) is 5.49. The van der Waals surface area contributed by atoms with Gasteiger partial charge in [0.15, 0.2) is 0 Å². The van der Waals surface area contributed by atoms with Crippen LogP contribution in [0.15, 0.2) is 12.7 Å². The summed E-state index contributed by atoms with van der Waals surface area (Å²) >= 11 is 0. The van der Waals surface area contributed by atoms with Crippen molar-refractivity contribution in [2.75, 3.05) is 26.7 Å². The molecule has 0 amide bonds. The summed E-state index contributed by atoms with van der Waals surface area (Å²) in [5, 5.41) is 0. The Labute approximate surface area is 63.6 Å². The molecule has 2 nitrogen and oxygen atoms in total. The van der Waals surface area contributed by atoms with E-state index in [0.29, 0.717) is 4.65 Å². The maximum Gasteiger partial charge on any atom is 0.127 e. The number of hydrogen-bond acceptors (Lipinski definition) is 1. The molecule has 0 aliphatic rings. The summed E-state index contributed by atoms with van der Waals surface area (Å²) < 4.78 is 0.639. The van der Waals surface area contributed by atoms with Gasteiger partial charge in [0.05, 0.1) is 7.05 Å². The highest BCUT2D eigenvalue weighted by atomic mass is 16.7. The molecule has 1 atom stereocenters. The zero-order valence-corrected chi connectivity index (χ0v) is 7.26. The molecular weight excluding hydrogens is 126 g/mol. The fourth-order valence-electron chi connectivity index (χ4n) is 0.858. The maximum atomic E-state index is 5.49. The van der Waals surface area contributed by atoms with Crippen molar-refractivity contribution < 1.29 is 9.48 Å². The van der Waals surface area contributed by atoms with Gasteiger partial charge in [-0.05, 0) is 19.9 Å². The predicted octanol–water partition coefficient (Wildman–Crippen LogP) is 1.59. The second kappa shape index (κ2) is 4.47. The van der Waals surface area contributed by atoms with Gasteiger partial charge in [-0.1, -0.05) is 6.58 Å². The van der Waals surface area contributed by atoms with Crippen LogP contribution in [0.1, 0.15) is 13.8 Å². The molecule has 0 aliphatic carbocycles. The minimum absolute atomic E-state index is 0.639. The lowest BCUT2D eigenvalue weighted by Crippen LogP contribution is -2.43. The molecule has 0 aromatic heterocycles. The summed E-state index contributed by atoms with van der Waals surface area (Å²) in [5.74, 6) is 0.